The van der Waals surface area contributed by atoms with Crippen LogP contribution < -0.4 is 10.6 Å². The van der Waals surface area contributed by atoms with Crippen molar-refractivity contribution in [1.82, 2.24) is 4.98 Å². The number of hydrogen-bond acceptors (Lipinski definition) is 5. The van der Waals surface area contributed by atoms with E-state index in [2.05, 4.69) is 38.8 Å². The van der Waals surface area contributed by atoms with E-state index in [-0.39, 0.29) is 0 Å². The van der Waals surface area contributed by atoms with Crippen molar-refractivity contribution in [3.8, 4) is 0 Å². The van der Waals surface area contributed by atoms with Gasteiger partial charge in [-0.15, -0.1) is 0 Å². The number of aliphatic hydroxyl groups excluding tert-OH is 1. The number of fused-ring (bicyclic) bond motifs is 5. The maximum Gasteiger partial charge on any atom is 0.152 e. The second-order valence-electron chi connectivity index (χ2n) is 11.6. The number of aliphatic hydroxyl groups is 1. The predicted octanol–water partition coefficient (Wildman–Crippen LogP) is 7.19. The normalized spacial score (nSPS) is 18.7. The Bertz CT molecular complexity index is 1740. The van der Waals surface area contributed by atoms with Crippen molar-refractivity contribution in [2.24, 2.45) is 15.0 Å². The molecule has 0 spiro atoms. The molecular weight excluding hydrogens is 520 g/mol. The highest BCUT2D eigenvalue weighted by molar-refractivity contribution is 6.24. The lowest BCUT2D eigenvalue weighted by Gasteiger charge is -2.06. The van der Waals surface area contributed by atoms with E-state index in [9.17, 15) is 9.90 Å². The highest BCUT2D eigenvalue weighted by Crippen LogP contribution is 2.35. The molecule has 0 aromatic carbocycles. The van der Waals surface area contributed by atoms with E-state index in [0.29, 0.717) is 11.3 Å². The van der Waals surface area contributed by atoms with Crippen LogP contribution >= 0.6 is 0 Å². The number of allylic oxidation sites excluding steroid dienone is 8. The molecule has 42 heavy (non-hydrogen) atoms. The number of hydrogen-bond donors (Lipinski definition) is 2. The average Bonchev–Trinajstić information content (AvgIpc) is 3.63. The second-order valence-corrected chi connectivity index (χ2v) is 11.6. The zero-order valence-electron chi connectivity index (χ0n) is 25.8. The highest BCUT2D eigenvalue weighted by Gasteiger charge is 2.26. The summed E-state index contributed by atoms with van der Waals surface area (Å²) in [6.45, 7) is 12.6. The minimum absolute atomic E-state index is 0.598. The molecule has 2 N–H and O–H groups in total. The largest absolute Gasteiger partial charge is 0.515 e. The van der Waals surface area contributed by atoms with Crippen molar-refractivity contribution in [3.63, 3.8) is 0 Å². The maximum atomic E-state index is 12.3. The van der Waals surface area contributed by atoms with Crippen LogP contribution in [0.1, 0.15) is 97.2 Å². The van der Waals surface area contributed by atoms with Crippen molar-refractivity contribution >= 4 is 41.8 Å². The van der Waals surface area contributed by atoms with Gasteiger partial charge in [0.2, 0.25) is 0 Å². The Morgan fingerprint density at radius 1 is 0.714 bits per heavy atom. The van der Waals surface area contributed by atoms with Crippen LogP contribution in [0.3, 0.4) is 0 Å². The number of aromatic nitrogens is 1. The van der Waals surface area contributed by atoms with Crippen molar-refractivity contribution in [2.45, 2.75) is 92.9 Å². The van der Waals surface area contributed by atoms with Crippen LogP contribution in [0.25, 0.3) is 18.4 Å². The minimum atomic E-state index is 0.598. The third kappa shape index (κ3) is 5.42. The fraction of sp³-hybridized carbons (Fsp3) is 0.389. The van der Waals surface area contributed by atoms with Crippen LogP contribution in [0.5, 0.6) is 0 Å². The quantitative estimate of drug-likeness (QED) is 0.246. The first-order chi connectivity index (χ1) is 20.3. The van der Waals surface area contributed by atoms with E-state index in [4.69, 9.17) is 15.0 Å². The van der Waals surface area contributed by atoms with Crippen LogP contribution in [0.2, 0.25) is 0 Å². The lowest BCUT2D eigenvalue weighted by Crippen LogP contribution is -2.25. The summed E-state index contributed by atoms with van der Waals surface area (Å²) in [6.07, 6.45) is 18.8. The van der Waals surface area contributed by atoms with E-state index >= 15 is 0 Å². The molecule has 0 unspecified atom stereocenters. The number of H-pyrrole nitrogens is 1. The first-order valence-corrected chi connectivity index (χ1v) is 15.3. The van der Waals surface area contributed by atoms with Crippen LogP contribution in [-0.4, -0.2) is 33.5 Å². The second kappa shape index (κ2) is 12.4. The standard InChI is InChI=1S/C36H42N4O2/c1-7-9-11-13-25-21(3)29-17-35-28(20-42)24(6)32(40-35)16-34-26(14-12-10-8-2)22(4)30(38-34)18-36-27(19-41)23(5)31(39-36)15-33(25)37-29/h15-20,39,41H,7-14H2,1-6H3/b27-19-,33-15?,34-16?,35-17?,36-18?. The molecule has 1 aromatic heterocycles. The summed E-state index contributed by atoms with van der Waals surface area (Å²) in [6, 6.07) is 0. The van der Waals surface area contributed by atoms with Crippen molar-refractivity contribution < 1.29 is 9.90 Å². The summed E-state index contributed by atoms with van der Waals surface area (Å²) in [5.74, 6) is 0. The lowest BCUT2D eigenvalue weighted by molar-refractivity contribution is -0.104. The summed E-state index contributed by atoms with van der Waals surface area (Å²) in [7, 11) is 0. The fourth-order valence-corrected chi connectivity index (χ4v) is 6.12. The Labute approximate surface area is 248 Å². The number of carbonyl (C=O) groups excluding carboxylic acids is 1. The van der Waals surface area contributed by atoms with Crippen molar-refractivity contribution in [1.29, 1.82) is 0 Å². The molecule has 0 radical (unpaired) electrons. The summed E-state index contributed by atoms with van der Waals surface area (Å²) in [5, 5.41) is 11.8. The van der Waals surface area contributed by atoms with Crippen LogP contribution in [0.4, 0.5) is 0 Å². The van der Waals surface area contributed by atoms with Gasteiger partial charge in [-0.3, -0.25) is 4.79 Å². The number of rotatable bonds is 9. The summed E-state index contributed by atoms with van der Waals surface area (Å²) >= 11 is 0. The molecule has 0 atom stereocenters. The number of carbonyl (C=O) groups is 1. The van der Waals surface area contributed by atoms with Crippen molar-refractivity contribution in [3.05, 3.63) is 84.5 Å². The Morgan fingerprint density at radius 2 is 1.24 bits per heavy atom. The van der Waals surface area contributed by atoms with Gasteiger partial charge in [0.1, 0.15) is 0 Å². The Morgan fingerprint density at radius 3 is 1.81 bits per heavy atom. The summed E-state index contributed by atoms with van der Waals surface area (Å²) in [5.41, 5.74) is 12.9. The van der Waals surface area contributed by atoms with E-state index < -0.39 is 0 Å². The van der Waals surface area contributed by atoms with Gasteiger partial charge < -0.3 is 10.1 Å². The summed E-state index contributed by atoms with van der Waals surface area (Å²) in [4.78, 5) is 31.0. The van der Waals surface area contributed by atoms with Gasteiger partial charge >= 0.3 is 0 Å². The monoisotopic (exact) mass is 562 g/mol. The molecule has 218 valence electrons. The predicted molar refractivity (Wildman–Crippen MR) is 175 cm³/mol. The molecule has 5 rings (SSSR count). The SMILES string of the molecule is CCCCCC1=C(C)C2=NC1=Cc1[nH]c(/c(=C\O)c1C)=CC1=NC(=CC3=NC(=C2)C(C=O)=C3C)C(CCCCC)=C1C. The van der Waals surface area contributed by atoms with Gasteiger partial charge in [0.15, 0.2) is 6.29 Å². The van der Waals surface area contributed by atoms with Gasteiger partial charge in [-0.2, -0.15) is 0 Å². The lowest BCUT2D eigenvalue weighted by atomic mass is 9.97. The number of nitrogens with zero attached hydrogens (tertiary/aromatic N) is 3. The van der Waals surface area contributed by atoms with Crippen LogP contribution in [-0.2, 0) is 4.79 Å². The van der Waals surface area contributed by atoms with E-state index in [1.807, 2.05) is 32.1 Å². The zero-order valence-corrected chi connectivity index (χ0v) is 25.8. The van der Waals surface area contributed by atoms with Gasteiger partial charge in [0.05, 0.1) is 45.8 Å². The number of nitrogens with one attached hydrogen (secondary N) is 1. The van der Waals surface area contributed by atoms with Gasteiger partial charge in [-0.05, 0) is 111 Å². The Balaban J connectivity index is 1.78. The maximum absolute atomic E-state index is 12.3. The molecule has 0 saturated carbocycles. The van der Waals surface area contributed by atoms with Gasteiger partial charge in [0, 0.05) is 16.5 Å². The Hall–Kier alpha value is -4.06. The molecule has 0 amide bonds. The third-order valence-corrected chi connectivity index (χ3v) is 8.86. The smallest absolute Gasteiger partial charge is 0.152 e. The van der Waals surface area contributed by atoms with Gasteiger partial charge in [-0.1, -0.05) is 39.5 Å². The molecular formula is C36H42N4O2. The molecule has 4 aliphatic rings. The zero-order chi connectivity index (χ0) is 30.0. The molecule has 0 saturated heterocycles. The topological polar surface area (TPSA) is 90.2 Å². The van der Waals surface area contributed by atoms with E-state index in [0.717, 1.165) is 125 Å². The minimum Gasteiger partial charge on any atom is -0.515 e. The number of aliphatic imine (C=N–C) groups is 3. The third-order valence-electron chi connectivity index (χ3n) is 8.86. The van der Waals surface area contributed by atoms with Crippen LogP contribution in [0, 0.1) is 6.92 Å². The Kier molecular flexibility index (Phi) is 8.72. The molecule has 0 fully saturated rings. The van der Waals surface area contributed by atoms with Gasteiger partial charge in [-0.25, -0.2) is 15.0 Å². The van der Waals surface area contributed by atoms with E-state index in [1.165, 1.54) is 17.4 Å². The average molecular weight is 563 g/mol. The molecule has 5 heterocycles. The van der Waals surface area contributed by atoms with Crippen molar-refractivity contribution in [2.75, 3.05) is 0 Å². The van der Waals surface area contributed by atoms with E-state index in [1.54, 1.807) is 0 Å². The number of aromatic amines is 1. The highest BCUT2D eigenvalue weighted by atomic mass is 16.2. The van der Waals surface area contributed by atoms with Gasteiger partial charge in [0.25, 0.3) is 0 Å². The molecule has 0 aliphatic carbocycles. The summed E-state index contributed by atoms with van der Waals surface area (Å²) < 4.78 is 0. The number of aldehydes is 1. The van der Waals surface area contributed by atoms with Crippen LogP contribution in [0.15, 0.2) is 77.7 Å². The number of unbranched alkanes of at least 4 members (excludes halogenated alkanes) is 4. The molecule has 8 bridgehead atoms. The first kappa shape index (κ1) is 29.4. The molecule has 1 aromatic rings. The molecule has 6 heteroatoms. The fourth-order valence-electron chi connectivity index (χ4n) is 6.12. The molecule has 6 nitrogen and oxygen atoms in total. The molecule has 4 aliphatic heterocycles. The first-order valence-electron chi connectivity index (χ1n) is 15.3.